The Morgan fingerprint density at radius 1 is 1.29 bits per heavy atom. The van der Waals surface area contributed by atoms with Crippen LogP contribution in [0.15, 0.2) is 42.1 Å². The zero-order chi connectivity index (χ0) is 17.5. The van der Waals surface area contributed by atoms with E-state index in [2.05, 4.69) is 48.0 Å². The van der Waals surface area contributed by atoms with E-state index in [4.69, 9.17) is 0 Å². The van der Waals surface area contributed by atoms with Crippen molar-refractivity contribution in [2.45, 2.75) is 38.5 Å². The Labute approximate surface area is 147 Å². The summed E-state index contributed by atoms with van der Waals surface area (Å²) in [6, 6.07) is 8.39. The fourth-order valence-corrected chi connectivity index (χ4v) is 3.22. The standard InChI is InChI=1S/C18H24N4OS/c1-5-11-22-14(3)19-20-18(22)24-13-17(23)21(4)12-16-9-7-15(6-2)8-10-16/h5,7-10H,1,6,11-13H2,2-4H3. The van der Waals surface area contributed by atoms with Gasteiger partial charge in [0.15, 0.2) is 5.16 Å². The number of nitrogens with zero attached hydrogens (tertiary/aromatic N) is 4. The number of benzene rings is 1. The first-order chi connectivity index (χ1) is 11.5. The minimum absolute atomic E-state index is 0.0744. The molecule has 0 atom stereocenters. The van der Waals surface area contributed by atoms with Gasteiger partial charge in [0, 0.05) is 20.1 Å². The van der Waals surface area contributed by atoms with Crippen LogP contribution in [0.3, 0.4) is 0 Å². The number of rotatable bonds is 8. The molecule has 128 valence electrons. The van der Waals surface area contributed by atoms with Gasteiger partial charge in [-0.05, 0) is 24.5 Å². The van der Waals surface area contributed by atoms with Crippen LogP contribution in [-0.4, -0.2) is 38.4 Å². The molecular formula is C18H24N4OS. The van der Waals surface area contributed by atoms with Crippen LogP contribution in [0.2, 0.25) is 0 Å². The molecule has 1 heterocycles. The number of amides is 1. The van der Waals surface area contributed by atoms with Crippen molar-refractivity contribution >= 4 is 17.7 Å². The number of aromatic nitrogens is 3. The van der Waals surface area contributed by atoms with Crippen molar-refractivity contribution in [2.24, 2.45) is 0 Å². The van der Waals surface area contributed by atoms with E-state index < -0.39 is 0 Å². The third-order valence-corrected chi connectivity index (χ3v) is 4.77. The number of aryl methyl sites for hydroxylation is 2. The van der Waals surface area contributed by atoms with Gasteiger partial charge in [-0.25, -0.2) is 0 Å². The van der Waals surface area contributed by atoms with E-state index >= 15 is 0 Å². The normalized spacial score (nSPS) is 10.6. The van der Waals surface area contributed by atoms with Crippen LogP contribution >= 0.6 is 11.8 Å². The van der Waals surface area contributed by atoms with Crippen LogP contribution in [0.4, 0.5) is 0 Å². The molecule has 1 amide bonds. The quantitative estimate of drug-likeness (QED) is 0.545. The Morgan fingerprint density at radius 2 is 1.96 bits per heavy atom. The summed E-state index contributed by atoms with van der Waals surface area (Å²) in [5.74, 6) is 1.25. The van der Waals surface area contributed by atoms with E-state index in [9.17, 15) is 4.79 Å². The van der Waals surface area contributed by atoms with Gasteiger partial charge in [0.2, 0.25) is 5.91 Å². The Balaban J connectivity index is 1.90. The Kier molecular flexibility index (Phi) is 6.61. The third-order valence-electron chi connectivity index (χ3n) is 3.81. The molecule has 0 aliphatic rings. The molecule has 0 bridgehead atoms. The summed E-state index contributed by atoms with van der Waals surface area (Å²) in [5, 5.41) is 8.94. The average molecular weight is 344 g/mol. The van der Waals surface area contributed by atoms with Crippen LogP contribution in [0.25, 0.3) is 0 Å². The van der Waals surface area contributed by atoms with Crippen LogP contribution in [0.1, 0.15) is 23.9 Å². The second kappa shape index (κ2) is 8.68. The maximum Gasteiger partial charge on any atom is 0.233 e. The van der Waals surface area contributed by atoms with Gasteiger partial charge in [-0.3, -0.25) is 4.79 Å². The van der Waals surface area contributed by atoms with E-state index in [1.54, 1.807) is 11.0 Å². The lowest BCUT2D eigenvalue weighted by molar-refractivity contribution is -0.127. The van der Waals surface area contributed by atoms with Gasteiger partial charge in [0.1, 0.15) is 5.82 Å². The van der Waals surface area contributed by atoms with E-state index in [1.807, 2.05) is 18.5 Å². The highest BCUT2D eigenvalue weighted by Gasteiger charge is 2.14. The lowest BCUT2D eigenvalue weighted by Crippen LogP contribution is -2.27. The highest BCUT2D eigenvalue weighted by molar-refractivity contribution is 7.99. The lowest BCUT2D eigenvalue weighted by atomic mass is 10.1. The molecule has 0 saturated heterocycles. The van der Waals surface area contributed by atoms with Crippen LogP contribution < -0.4 is 0 Å². The van der Waals surface area contributed by atoms with E-state index in [1.165, 1.54) is 17.3 Å². The summed E-state index contributed by atoms with van der Waals surface area (Å²) in [6.07, 6.45) is 2.82. The maximum absolute atomic E-state index is 12.3. The second-order valence-electron chi connectivity index (χ2n) is 5.64. The predicted octanol–water partition coefficient (Wildman–Crippen LogP) is 3.09. The average Bonchev–Trinajstić information content (AvgIpc) is 2.94. The van der Waals surface area contributed by atoms with Crippen molar-refractivity contribution in [3.8, 4) is 0 Å². The Hall–Kier alpha value is -2.08. The van der Waals surface area contributed by atoms with Crippen molar-refractivity contribution in [3.05, 3.63) is 53.9 Å². The molecule has 2 rings (SSSR count). The van der Waals surface area contributed by atoms with Gasteiger partial charge in [-0.15, -0.1) is 16.8 Å². The number of hydrogen-bond acceptors (Lipinski definition) is 4. The monoisotopic (exact) mass is 344 g/mol. The molecule has 0 unspecified atom stereocenters. The van der Waals surface area contributed by atoms with E-state index in [0.29, 0.717) is 18.8 Å². The fraction of sp³-hybridized carbons (Fsp3) is 0.389. The summed E-state index contributed by atoms with van der Waals surface area (Å²) in [7, 11) is 1.83. The van der Waals surface area contributed by atoms with Gasteiger partial charge in [-0.2, -0.15) is 0 Å². The largest absolute Gasteiger partial charge is 0.341 e. The second-order valence-corrected chi connectivity index (χ2v) is 6.58. The molecule has 0 N–H and O–H groups in total. The van der Waals surface area contributed by atoms with Crippen LogP contribution in [-0.2, 0) is 24.3 Å². The van der Waals surface area contributed by atoms with E-state index in [0.717, 1.165) is 23.0 Å². The number of allylic oxidation sites excluding steroid dienone is 1. The van der Waals surface area contributed by atoms with Gasteiger partial charge >= 0.3 is 0 Å². The first-order valence-electron chi connectivity index (χ1n) is 8.00. The Morgan fingerprint density at radius 3 is 2.58 bits per heavy atom. The molecule has 0 fully saturated rings. The number of hydrogen-bond donors (Lipinski definition) is 0. The number of carbonyl (C=O) groups is 1. The topological polar surface area (TPSA) is 51.0 Å². The smallest absolute Gasteiger partial charge is 0.233 e. The first-order valence-corrected chi connectivity index (χ1v) is 8.99. The SMILES string of the molecule is C=CCn1c(C)nnc1SCC(=O)N(C)Cc1ccc(CC)cc1. The third kappa shape index (κ3) is 4.71. The van der Waals surface area contributed by atoms with Gasteiger partial charge in [-0.1, -0.05) is 49.0 Å². The van der Waals surface area contributed by atoms with Gasteiger partial charge in [0.05, 0.1) is 5.75 Å². The van der Waals surface area contributed by atoms with Crippen LogP contribution in [0, 0.1) is 6.92 Å². The molecule has 0 aliphatic carbocycles. The molecule has 1 aromatic heterocycles. The summed E-state index contributed by atoms with van der Waals surface area (Å²) >= 11 is 1.41. The number of carbonyl (C=O) groups excluding carboxylic acids is 1. The van der Waals surface area contributed by atoms with E-state index in [-0.39, 0.29) is 5.91 Å². The molecule has 0 spiro atoms. The van der Waals surface area contributed by atoms with Gasteiger partial charge < -0.3 is 9.47 Å². The van der Waals surface area contributed by atoms with Gasteiger partial charge in [0.25, 0.3) is 0 Å². The van der Waals surface area contributed by atoms with Crippen molar-refractivity contribution in [3.63, 3.8) is 0 Å². The maximum atomic E-state index is 12.3. The van der Waals surface area contributed by atoms with Crippen molar-refractivity contribution in [1.29, 1.82) is 0 Å². The first kappa shape index (κ1) is 18.3. The molecule has 0 aliphatic heterocycles. The van der Waals surface area contributed by atoms with Crippen molar-refractivity contribution in [1.82, 2.24) is 19.7 Å². The summed E-state index contributed by atoms with van der Waals surface area (Å²) in [5.41, 5.74) is 2.44. The highest BCUT2D eigenvalue weighted by atomic mass is 32.2. The summed E-state index contributed by atoms with van der Waals surface area (Å²) in [4.78, 5) is 14.1. The predicted molar refractivity (Wildman–Crippen MR) is 98.0 cm³/mol. The summed E-state index contributed by atoms with van der Waals surface area (Å²) < 4.78 is 1.95. The Bertz CT molecular complexity index is 694. The molecule has 6 heteroatoms. The molecule has 0 radical (unpaired) electrons. The molecule has 2 aromatic rings. The minimum Gasteiger partial charge on any atom is -0.341 e. The van der Waals surface area contributed by atoms with Crippen molar-refractivity contribution in [2.75, 3.05) is 12.8 Å². The highest BCUT2D eigenvalue weighted by Crippen LogP contribution is 2.18. The summed E-state index contributed by atoms with van der Waals surface area (Å²) in [6.45, 7) is 9.03. The number of thioether (sulfide) groups is 1. The molecule has 0 saturated carbocycles. The molecule has 1 aromatic carbocycles. The molecule has 24 heavy (non-hydrogen) atoms. The lowest BCUT2D eigenvalue weighted by Gasteiger charge is -2.17. The molecular weight excluding hydrogens is 320 g/mol. The minimum atomic E-state index is 0.0744. The zero-order valence-electron chi connectivity index (χ0n) is 14.5. The molecule has 5 nitrogen and oxygen atoms in total. The van der Waals surface area contributed by atoms with Crippen molar-refractivity contribution < 1.29 is 4.79 Å². The van der Waals surface area contributed by atoms with Crippen LogP contribution in [0.5, 0.6) is 0 Å². The zero-order valence-corrected chi connectivity index (χ0v) is 15.3. The fourth-order valence-electron chi connectivity index (χ4n) is 2.29.